The van der Waals surface area contributed by atoms with Gasteiger partial charge in [0.25, 0.3) is 0 Å². The van der Waals surface area contributed by atoms with Crippen LogP contribution in [0.5, 0.6) is 0 Å². The Morgan fingerprint density at radius 3 is 2.84 bits per heavy atom. The van der Waals surface area contributed by atoms with Crippen molar-refractivity contribution in [3.8, 4) is 0 Å². The van der Waals surface area contributed by atoms with Crippen LogP contribution >= 0.6 is 0 Å². The normalized spacial score (nSPS) is 18.7. The van der Waals surface area contributed by atoms with Crippen molar-refractivity contribution < 1.29 is 14.3 Å². The number of carbonyl (C=O) groups is 2. The van der Waals surface area contributed by atoms with E-state index in [0.29, 0.717) is 19.7 Å². The van der Waals surface area contributed by atoms with Crippen LogP contribution in [-0.2, 0) is 14.3 Å². The zero-order valence-electron chi connectivity index (χ0n) is 11.0. The van der Waals surface area contributed by atoms with E-state index in [9.17, 15) is 9.59 Å². The summed E-state index contributed by atoms with van der Waals surface area (Å²) in [6.07, 6.45) is 0.280. The molecule has 1 aliphatic heterocycles. The molecule has 0 aromatic heterocycles. The van der Waals surface area contributed by atoms with Crippen molar-refractivity contribution in [1.82, 2.24) is 4.90 Å². The number of rotatable bonds is 5. The van der Waals surface area contributed by atoms with Crippen LogP contribution in [0.2, 0.25) is 0 Å². The molecule has 0 bridgehead atoms. The summed E-state index contributed by atoms with van der Waals surface area (Å²) in [5.74, 6) is -0.353. The van der Waals surface area contributed by atoms with Gasteiger partial charge in [-0.2, -0.15) is 0 Å². The van der Waals surface area contributed by atoms with Crippen molar-refractivity contribution in [2.24, 2.45) is 5.92 Å². The van der Waals surface area contributed by atoms with E-state index in [1.165, 1.54) is 0 Å². The molecule has 1 saturated heterocycles. The molecule has 1 atom stereocenters. The van der Waals surface area contributed by atoms with Crippen molar-refractivity contribution in [2.75, 3.05) is 32.1 Å². The van der Waals surface area contributed by atoms with Crippen molar-refractivity contribution >= 4 is 17.5 Å². The average Bonchev–Trinajstić information content (AvgIpc) is 2.79. The predicted molar refractivity (Wildman–Crippen MR) is 71.6 cm³/mol. The summed E-state index contributed by atoms with van der Waals surface area (Å²) in [5, 5.41) is 2.83. The van der Waals surface area contributed by atoms with Crippen LogP contribution in [0.15, 0.2) is 30.3 Å². The van der Waals surface area contributed by atoms with E-state index in [4.69, 9.17) is 4.74 Å². The molecule has 1 fully saturated rings. The summed E-state index contributed by atoms with van der Waals surface area (Å²) in [4.78, 5) is 25.5. The van der Waals surface area contributed by atoms with Crippen molar-refractivity contribution in [3.05, 3.63) is 30.3 Å². The molecule has 0 aliphatic carbocycles. The van der Waals surface area contributed by atoms with Crippen LogP contribution in [-0.4, -0.2) is 43.5 Å². The molecule has 0 saturated carbocycles. The van der Waals surface area contributed by atoms with Crippen LogP contribution < -0.4 is 5.32 Å². The van der Waals surface area contributed by atoms with Gasteiger partial charge < -0.3 is 15.0 Å². The zero-order valence-corrected chi connectivity index (χ0v) is 11.0. The highest BCUT2D eigenvalue weighted by molar-refractivity contribution is 5.97. The largest absolute Gasteiger partial charge is 0.383 e. The van der Waals surface area contributed by atoms with Crippen molar-refractivity contribution in [1.29, 1.82) is 0 Å². The molecule has 1 aromatic rings. The van der Waals surface area contributed by atoms with Gasteiger partial charge in [-0.15, -0.1) is 0 Å². The third kappa shape index (κ3) is 3.54. The van der Waals surface area contributed by atoms with Gasteiger partial charge >= 0.3 is 0 Å². The quantitative estimate of drug-likeness (QED) is 0.865. The van der Waals surface area contributed by atoms with Crippen LogP contribution in [0, 0.1) is 5.92 Å². The third-order valence-electron chi connectivity index (χ3n) is 3.19. The highest BCUT2D eigenvalue weighted by Crippen LogP contribution is 2.19. The van der Waals surface area contributed by atoms with E-state index >= 15 is 0 Å². The first-order valence-corrected chi connectivity index (χ1v) is 6.33. The Bertz CT molecular complexity index is 447. The first kappa shape index (κ1) is 13.5. The molecular formula is C14H18N2O3. The number of nitrogens with one attached hydrogen (secondary N) is 1. The van der Waals surface area contributed by atoms with Crippen LogP contribution in [0.4, 0.5) is 5.69 Å². The number of para-hydroxylation sites is 1. The standard InChI is InChI=1S/C14H18N2O3/c1-19-8-7-16-10-11(9-13(16)17)14(18)15-12-5-3-2-4-6-12/h2-6,11H,7-10H2,1H3,(H,15,18)/t11-/m0/s1. The van der Waals surface area contributed by atoms with E-state index in [-0.39, 0.29) is 24.2 Å². The van der Waals surface area contributed by atoms with Crippen molar-refractivity contribution in [3.63, 3.8) is 0 Å². The molecule has 5 heteroatoms. The molecule has 1 aliphatic rings. The van der Waals surface area contributed by atoms with E-state index in [1.54, 1.807) is 12.0 Å². The second-order valence-corrected chi connectivity index (χ2v) is 4.59. The fourth-order valence-corrected chi connectivity index (χ4v) is 2.13. The monoisotopic (exact) mass is 262 g/mol. The van der Waals surface area contributed by atoms with Crippen LogP contribution in [0.1, 0.15) is 6.42 Å². The molecule has 1 N–H and O–H groups in total. The number of methoxy groups -OCH3 is 1. The molecule has 2 rings (SSSR count). The Balaban J connectivity index is 1.89. The average molecular weight is 262 g/mol. The van der Waals surface area contributed by atoms with Gasteiger partial charge in [-0.05, 0) is 12.1 Å². The number of amides is 2. The number of hydrogen-bond acceptors (Lipinski definition) is 3. The molecule has 1 aromatic carbocycles. The molecular weight excluding hydrogens is 244 g/mol. The minimum absolute atomic E-state index is 0.0188. The predicted octanol–water partition coefficient (Wildman–Crippen LogP) is 1.12. The fourth-order valence-electron chi connectivity index (χ4n) is 2.13. The number of hydrogen-bond donors (Lipinski definition) is 1. The SMILES string of the molecule is COCCN1C[C@@H](C(=O)Nc2ccccc2)CC1=O. The van der Waals surface area contributed by atoms with Gasteiger partial charge in [-0.25, -0.2) is 0 Å². The van der Waals surface area contributed by atoms with Gasteiger partial charge in [0.15, 0.2) is 0 Å². The lowest BCUT2D eigenvalue weighted by atomic mass is 10.1. The smallest absolute Gasteiger partial charge is 0.229 e. The van der Waals surface area contributed by atoms with Gasteiger partial charge in [0.1, 0.15) is 0 Å². The molecule has 19 heavy (non-hydrogen) atoms. The van der Waals surface area contributed by atoms with E-state index < -0.39 is 0 Å². The number of anilines is 1. The molecule has 0 spiro atoms. The number of nitrogens with zero attached hydrogens (tertiary/aromatic N) is 1. The Kier molecular flexibility index (Phi) is 4.52. The fraction of sp³-hybridized carbons (Fsp3) is 0.429. The number of likely N-dealkylation sites (tertiary alicyclic amines) is 1. The zero-order chi connectivity index (χ0) is 13.7. The summed E-state index contributed by atoms with van der Waals surface area (Å²) in [7, 11) is 1.60. The third-order valence-corrected chi connectivity index (χ3v) is 3.19. The Hall–Kier alpha value is -1.88. The molecule has 5 nitrogen and oxygen atoms in total. The van der Waals surface area contributed by atoms with Gasteiger partial charge in [0.2, 0.25) is 11.8 Å². The maximum absolute atomic E-state index is 12.1. The number of benzene rings is 1. The maximum Gasteiger partial charge on any atom is 0.229 e. The van der Waals surface area contributed by atoms with E-state index in [2.05, 4.69) is 5.32 Å². The summed E-state index contributed by atoms with van der Waals surface area (Å²) in [6.45, 7) is 1.52. The summed E-state index contributed by atoms with van der Waals surface area (Å²) in [6, 6.07) is 9.27. The molecule has 0 radical (unpaired) electrons. The first-order chi connectivity index (χ1) is 9.20. The second-order valence-electron chi connectivity index (χ2n) is 4.59. The summed E-state index contributed by atoms with van der Waals surface area (Å²) in [5.41, 5.74) is 0.760. The molecule has 0 unspecified atom stereocenters. The molecule has 2 amide bonds. The molecule has 102 valence electrons. The summed E-state index contributed by atoms with van der Waals surface area (Å²) >= 11 is 0. The van der Waals surface area contributed by atoms with Gasteiger partial charge in [0, 0.05) is 32.3 Å². The van der Waals surface area contributed by atoms with Crippen LogP contribution in [0.3, 0.4) is 0 Å². The Labute approximate surface area is 112 Å². The highest BCUT2D eigenvalue weighted by Gasteiger charge is 2.33. The lowest BCUT2D eigenvalue weighted by Crippen LogP contribution is -2.30. The minimum Gasteiger partial charge on any atom is -0.383 e. The van der Waals surface area contributed by atoms with Crippen LogP contribution in [0.25, 0.3) is 0 Å². The summed E-state index contributed by atoms with van der Waals surface area (Å²) < 4.78 is 4.95. The molecule has 1 heterocycles. The lowest BCUT2D eigenvalue weighted by molar-refractivity contribution is -0.128. The van der Waals surface area contributed by atoms with Crippen molar-refractivity contribution in [2.45, 2.75) is 6.42 Å². The van der Waals surface area contributed by atoms with Gasteiger partial charge in [-0.1, -0.05) is 18.2 Å². The Morgan fingerprint density at radius 1 is 1.42 bits per heavy atom. The lowest BCUT2D eigenvalue weighted by Gasteiger charge is -2.15. The maximum atomic E-state index is 12.1. The van der Waals surface area contributed by atoms with Gasteiger partial charge in [0.05, 0.1) is 12.5 Å². The van der Waals surface area contributed by atoms with E-state index in [0.717, 1.165) is 5.69 Å². The first-order valence-electron chi connectivity index (χ1n) is 6.33. The minimum atomic E-state index is -0.274. The second kappa shape index (κ2) is 6.33. The topological polar surface area (TPSA) is 58.6 Å². The van der Waals surface area contributed by atoms with E-state index in [1.807, 2.05) is 30.3 Å². The Morgan fingerprint density at radius 2 is 2.16 bits per heavy atom. The number of ether oxygens (including phenoxy) is 1. The van der Waals surface area contributed by atoms with Gasteiger partial charge in [-0.3, -0.25) is 9.59 Å². The highest BCUT2D eigenvalue weighted by atomic mass is 16.5. The number of carbonyl (C=O) groups excluding carboxylic acids is 2.